The summed E-state index contributed by atoms with van der Waals surface area (Å²) in [5.74, 6) is 0. The molecule has 1 heterocycles. The van der Waals surface area contributed by atoms with Gasteiger partial charge in [-0.15, -0.1) is 0 Å². The van der Waals surface area contributed by atoms with Gasteiger partial charge in [0.05, 0.1) is 10.5 Å². The van der Waals surface area contributed by atoms with Crippen molar-refractivity contribution in [1.29, 1.82) is 0 Å². The molecule has 0 aromatic heterocycles. The molecule has 1 aliphatic heterocycles. The van der Waals surface area contributed by atoms with Crippen molar-refractivity contribution in [2.24, 2.45) is 0 Å². The van der Waals surface area contributed by atoms with Crippen molar-refractivity contribution < 1.29 is 10.0 Å². The number of likely N-dealkylation sites (tertiary alicyclic amines) is 1. The smallest absolute Gasteiger partial charge is 0.269 e. The number of rotatable bonds is 5. The second-order valence-corrected chi connectivity index (χ2v) is 5.59. The molecule has 2 rings (SSSR count). The Balaban J connectivity index is 2.19. The van der Waals surface area contributed by atoms with Crippen LogP contribution in [0, 0.1) is 10.1 Å². The standard InChI is InChI=1S/C14H21N3O3/c1-3-15-13-5-4-12(17(19)20)8-11(13)9-16-7-6-14(2,18)10-16/h4-5,8,15,18H,3,6-7,9-10H2,1-2H3. The van der Waals surface area contributed by atoms with E-state index in [-0.39, 0.29) is 10.6 Å². The molecular weight excluding hydrogens is 258 g/mol. The predicted octanol–water partition coefficient (Wildman–Crippen LogP) is 1.98. The lowest BCUT2D eigenvalue weighted by Gasteiger charge is -2.20. The molecule has 1 aromatic rings. The maximum Gasteiger partial charge on any atom is 0.269 e. The molecule has 0 saturated carbocycles. The first-order valence-corrected chi connectivity index (χ1v) is 6.87. The van der Waals surface area contributed by atoms with Crippen molar-refractivity contribution in [3.8, 4) is 0 Å². The van der Waals surface area contributed by atoms with E-state index in [0.29, 0.717) is 13.1 Å². The number of aliphatic hydroxyl groups is 1. The number of β-amino-alcohol motifs (C(OH)–C–C–N with tert-alkyl or cyclic N) is 1. The lowest BCUT2D eigenvalue weighted by molar-refractivity contribution is -0.384. The van der Waals surface area contributed by atoms with Gasteiger partial charge in [-0.2, -0.15) is 0 Å². The van der Waals surface area contributed by atoms with Crippen LogP contribution in [0.25, 0.3) is 0 Å². The van der Waals surface area contributed by atoms with Gasteiger partial charge >= 0.3 is 0 Å². The Morgan fingerprint density at radius 2 is 2.30 bits per heavy atom. The van der Waals surface area contributed by atoms with Gasteiger partial charge in [0, 0.05) is 44.0 Å². The van der Waals surface area contributed by atoms with Gasteiger partial charge in [0.15, 0.2) is 0 Å². The average molecular weight is 279 g/mol. The molecule has 1 aliphatic rings. The third-order valence-electron chi connectivity index (χ3n) is 3.59. The Morgan fingerprint density at radius 3 is 2.85 bits per heavy atom. The van der Waals surface area contributed by atoms with E-state index in [4.69, 9.17) is 0 Å². The lowest BCUT2D eigenvalue weighted by Crippen LogP contribution is -2.29. The number of hydrogen-bond acceptors (Lipinski definition) is 5. The van der Waals surface area contributed by atoms with Crippen LogP contribution < -0.4 is 5.32 Å². The number of nitro groups is 1. The van der Waals surface area contributed by atoms with Crippen molar-refractivity contribution in [2.75, 3.05) is 25.0 Å². The molecule has 1 aromatic carbocycles. The van der Waals surface area contributed by atoms with E-state index in [1.54, 1.807) is 12.1 Å². The highest BCUT2D eigenvalue weighted by atomic mass is 16.6. The summed E-state index contributed by atoms with van der Waals surface area (Å²) in [5, 5.41) is 24.1. The van der Waals surface area contributed by atoms with Crippen LogP contribution in [0.2, 0.25) is 0 Å². The van der Waals surface area contributed by atoms with Crippen molar-refractivity contribution in [3.63, 3.8) is 0 Å². The van der Waals surface area contributed by atoms with Crippen LogP contribution in [-0.4, -0.2) is 40.2 Å². The van der Waals surface area contributed by atoms with Gasteiger partial charge in [0.1, 0.15) is 0 Å². The molecule has 1 unspecified atom stereocenters. The Hall–Kier alpha value is -1.66. The van der Waals surface area contributed by atoms with Crippen molar-refractivity contribution >= 4 is 11.4 Å². The summed E-state index contributed by atoms with van der Waals surface area (Å²) in [6.45, 7) is 6.60. The Bertz CT molecular complexity index is 502. The van der Waals surface area contributed by atoms with E-state index in [1.165, 1.54) is 6.07 Å². The Morgan fingerprint density at radius 1 is 1.55 bits per heavy atom. The second kappa shape index (κ2) is 5.76. The minimum atomic E-state index is -0.654. The van der Waals surface area contributed by atoms with Gasteiger partial charge in [-0.05, 0) is 31.9 Å². The first-order valence-electron chi connectivity index (χ1n) is 6.87. The monoisotopic (exact) mass is 279 g/mol. The van der Waals surface area contributed by atoms with Crippen LogP contribution >= 0.6 is 0 Å². The molecule has 6 nitrogen and oxygen atoms in total. The van der Waals surface area contributed by atoms with Crippen LogP contribution in [0.15, 0.2) is 18.2 Å². The fraction of sp³-hybridized carbons (Fsp3) is 0.571. The van der Waals surface area contributed by atoms with Crippen LogP contribution in [0.4, 0.5) is 11.4 Å². The first-order chi connectivity index (χ1) is 9.41. The fourth-order valence-corrected chi connectivity index (χ4v) is 2.60. The number of anilines is 1. The largest absolute Gasteiger partial charge is 0.389 e. The SMILES string of the molecule is CCNc1ccc([N+](=O)[O-])cc1CN1CCC(C)(O)C1. The maximum absolute atomic E-state index is 10.9. The second-order valence-electron chi connectivity index (χ2n) is 5.59. The Kier molecular flexibility index (Phi) is 4.25. The third kappa shape index (κ3) is 3.46. The molecular formula is C14H21N3O3. The fourth-order valence-electron chi connectivity index (χ4n) is 2.60. The van der Waals surface area contributed by atoms with E-state index < -0.39 is 5.60 Å². The van der Waals surface area contributed by atoms with Gasteiger partial charge < -0.3 is 10.4 Å². The van der Waals surface area contributed by atoms with Crippen LogP contribution in [0.3, 0.4) is 0 Å². The highest BCUT2D eigenvalue weighted by Crippen LogP contribution is 2.27. The molecule has 1 atom stereocenters. The minimum Gasteiger partial charge on any atom is -0.389 e. The Labute approximate surface area is 118 Å². The van der Waals surface area contributed by atoms with Gasteiger partial charge in [0.25, 0.3) is 5.69 Å². The zero-order valence-corrected chi connectivity index (χ0v) is 11.9. The van der Waals surface area contributed by atoms with E-state index >= 15 is 0 Å². The highest BCUT2D eigenvalue weighted by molar-refractivity contribution is 5.56. The summed E-state index contributed by atoms with van der Waals surface area (Å²) in [6.07, 6.45) is 0.735. The van der Waals surface area contributed by atoms with Crippen LogP contribution in [0.5, 0.6) is 0 Å². The molecule has 0 aliphatic carbocycles. The zero-order chi connectivity index (χ0) is 14.8. The van der Waals surface area contributed by atoms with Crippen molar-refractivity contribution in [3.05, 3.63) is 33.9 Å². The zero-order valence-electron chi connectivity index (χ0n) is 11.9. The van der Waals surface area contributed by atoms with E-state index in [2.05, 4.69) is 10.2 Å². The number of non-ortho nitro benzene ring substituents is 1. The van der Waals surface area contributed by atoms with Crippen LogP contribution in [-0.2, 0) is 6.54 Å². The number of nitrogens with one attached hydrogen (secondary N) is 1. The van der Waals surface area contributed by atoms with Gasteiger partial charge in [0.2, 0.25) is 0 Å². The number of benzene rings is 1. The summed E-state index contributed by atoms with van der Waals surface area (Å²) in [5.41, 5.74) is 1.27. The van der Waals surface area contributed by atoms with Gasteiger partial charge in [-0.1, -0.05) is 0 Å². The number of nitrogens with zero attached hydrogens (tertiary/aromatic N) is 2. The van der Waals surface area contributed by atoms with E-state index in [9.17, 15) is 15.2 Å². The summed E-state index contributed by atoms with van der Waals surface area (Å²) in [6, 6.07) is 4.89. The summed E-state index contributed by atoms with van der Waals surface area (Å²) >= 11 is 0. The normalized spacial score (nSPS) is 22.9. The highest BCUT2D eigenvalue weighted by Gasteiger charge is 2.31. The molecule has 110 valence electrons. The molecule has 1 saturated heterocycles. The van der Waals surface area contributed by atoms with Crippen LogP contribution in [0.1, 0.15) is 25.8 Å². The molecule has 6 heteroatoms. The van der Waals surface area contributed by atoms with Crippen molar-refractivity contribution in [1.82, 2.24) is 4.90 Å². The van der Waals surface area contributed by atoms with E-state index in [0.717, 1.165) is 30.8 Å². The van der Waals surface area contributed by atoms with E-state index in [1.807, 2.05) is 13.8 Å². The molecule has 2 N–H and O–H groups in total. The number of nitro benzene ring substituents is 1. The molecule has 0 spiro atoms. The molecule has 0 bridgehead atoms. The third-order valence-corrected chi connectivity index (χ3v) is 3.59. The molecule has 0 radical (unpaired) electrons. The summed E-state index contributed by atoms with van der Waals surface area (Å²) < 4.78 is 0. The molecule has 0 amide bonds. The quantitative estimate of drug-likeness (QED) is 0.636. The first kappa shape index (κ1) is 14.7. The van der Waals surface area contributed by atoms with Crippen molar-refractivity contribution in [2.45, 2.75) is 32.4 Å². The molecule has 1 fully saturated rings. The summed E-state index contributed by atoms with van der Waals surface area (Å²) in [4.78, 5) is 12.6. The molecule has 20 heavy (non-hydrogen) atoms. The minimum absolute atomic E-state index is 0.104. The van der Waals surface area contributed by atoms with Gasteiger partial charge in [-0.25, -0.2) is 0 Å². The number of hydrogen-bond donors (Lipinski definition) is 2. The lowest BCUT2D eigenvalue weighted by atomic mass is 10.1. The predicted molar refractivity (Wildman–Crippen MR) is 77.8 cm³/mol. The maximum atomic E-state index is 10.9. The van der Waals surface area contributed by atoms with Gasteiger partial charge in [-0.3, -0.25) is 15.0 Å². The topological polar surface area (TPSA) is 78.6 Å². The summed E-state index contributed by atoms with van der Waals surface area (Å²) in [7, 11) is 0. The average Bonchev–Trinajstić information content (AvgIpc) is 2.71.